The van der Waals surface area contributed by atoms with Gasteiger partial charge in [0.2, 0.25) is 5.95 Å². The van der Waals surface area contributed by atoms with Crippen LogP contribution in [0.3, 0.4) is 0 Å². The van der Waals surface area contributed by atoms with Crippen molar-refractivity contribution in [2.75, 3.05) is 48.9 Å². The number of nitrogens with one attached hydrogen (secondary N) is 3. The van der Waals surface area contributed by atoms with Crippen LogP contribution < -0.4 is 15.5 Å². The van der Waals surface area contributed by atoms with E-state index < -0.39 is 6.10 Å². The number of aliphatic hydroxyl groups is 1. The number of nitrogens with zero attached hydrogens (tertiary/aromatic N) is 5. The van der Waals surface area contributed by atoms with Gasteiger partial charge in [0, 0.05) is 49.2 Å². The summed E-state index contributed by atoms with van der Waals surface area (Å²) in [5, 5.41) is 16.2. The van der Waals surface area contributed by atoms with E-state index in [0.29, 0.717) is 29.5 Å². The number of rotatable bonds is 7. The zero-order chi connectivity index (χ0) is 23.5. The fraction of sp³-hybridized carbons (Fsp3) is 0.333. The third kappa shape index (κ3) is 4.63. The van der Waals surface area contributed by atoms with E-state index in [0.717, 1.165) is 48.8 Å². The molecule has 4 heterocycles. The number of pyridine rings is 1. The van der Waals surface area contributed by atoms with Crippen LogP contribution in [0.5, 0.6) is 0 Å². The van der Waals surface area contributed by atoms with Crippen molar-refractivity contribution in [2.45, 2.75) is 19.4 Å². The summed E-state index contributed by atoms with van der Waals surface area (Å²) >= 11 is 0. The van der Waals surface area contributed by atoms with Crippen molar-refractivity contribution in [3.63, 3.8) is 0 Å². The van der Waals surface area contributed by atoms with E-state index in [2.05, 4.69) is 47.6 Å². The van der Waals surface area contributed by atoms with Gasteiger partial charge >= 0.3 is 0 Å². The maximum Gasteiger partial charge on any atom is 0.229 e. The van der Waals surface area contributed by atoms with Gasteiger partial charge in [-0.25, -0.2) is 15.0 Å². The molecule has 0 bridgehead atoms. The number of aromatic nitrogens is 5. The van der Waals surface area contributed by atoms with Crippen molar-refractivity contribution in [2.24, 2.45) is 0 Å². The molecule has 0 amide bonds. The van der Waals surface area contributed by atoms with Crippen LogP contribution in [-0.2, 0) is 11.2 Å². The van der Waals surface area contributed by atoms with Crippen LogP contribution in [0.25, 0.3) is 22.4 Å². The van der Waals surface area contributed by atoms with Crippen LogP contribution in [0.4, 0.5) is 23.1 Å². The second-order valence-corrected chi connectivity index (χ2v) is 8.27. The first-order valence-electron chi connectivity index (χ1n) is 11.4. The summed E-state index contributed by atoms with van der Waals surface area (Å²) in [6.07, 6.45) is 1.62. The lowest BCUT2D eigenvalue weighted by atomic mass is 10.1. The van der Waals surface area contributed by atoms with Gasteiger partial charge < -0.3 is 30.4 Å². The summed E-state index contributed by atoms with van der Waals surface area (Å²) in [6, 6.07) is 12.1. The average Bonchev–Trinajstić information content (AvgIpc) is 3.33. The van der Waals surface area contributed by atoms with Crippen LogP contribution in [0, 0.1) is 0 Å². The summed E-state index contributed by atoms with van der Waals surface area (Å²) in [7, 11) is 1.82. The minimum absolute atomic E-state index is 0.448. The van der Waals surface area contributed by atoms with Crippen LogP contribution in [-0.4, -0.2) is 69.5 Å². The van der Waals surface area contributed by atoms with Gasteiger partial charge in [-0.05, 0) is 43.3 Å². The predicted octanol–water partition coefficient (Wildman–Crippen LogP) is 2.96. The van der Waals surface area contributed by atoms with Gasteiger partial charge in [0.1, 0.15) is 17.0 Å². The fourth-order valence-electron chi connectivity index (χ4n) is 4.09. The lowest BCUT2D eigenvalue weighted by Crippen LogP contribution is -2.36. The summed E-state index contributed by atoms with van der Waals surface area (Å²) in [4.78, 5) is 23.9. The Balaban J connectivity index is 1.45. The molecule has 0 saturated carbocycles. The van der Waals surface area contributed by atoms with Gasteiger partial charge in [0.25, 0.3) is 0 Å². The monoisotopic (exact) mass is 460 g/mol. The Bertz CT molecular complexity index is 1270. The number of benzene rings is 1. The largest absolute Gasteiger partial charge is 0.393 e. The molecule has 5 rings (SSSR count). The Hall–Kier alpha value is -3.76. The van der Waals surface area contributed by atoms with Crippen molar-refractivity contribution < 1.29 is 9.84 Å². The quantitative estimate of drug-likeness (QED) is 0.329. The summed E-state index contributed by atoms with van der Waals surface area (Å²) in [5.41, 5.74) is 5.66. The zero-order valence-corrected chi connectivity index (χ0v) is 19.2. The highest BCUT2D eigenvalue weighted by Crippen LogP contribution is 2.31. The van der Waals surface area contributed by atoms with E-state index >= 15 is 0 Å². The highest BCUT2D eigenvalue weighted by atomic mass is 16.5. The summed E-state index contributed by atoms with van der Waals surface area (Å²) < 4.78 is 5.44. The first-order chi connectivity index (χ1) is 16.6. The van der Waals surface area contributed by atoms with Crippen LogP contribution in [0.15, 0.2) is 42.7 Å². The number of aromatic amines is 1. The molecule has 1 aliphatic heterocycles. The molecule has 4 aromatic rings. The molecule has 1 atom stereocenters. The molecular formula is C24H28N8O2. The Kier molecular flexibility index (Phi) is 6.24. The Labute approximate surface area is 197 Å². The summed E-state index contributed by atoms with van der Waals surface area (Å²) in [5.74, 6) is 1.12. The average molecular weight is 461 g/mol. The van der Waals surface area contributed by atoms with E-state index in [1.54, 1.807) is 13.3 Å². The van der Waals surface area contributed by atoms with Gasteiger partial charge in [0.15, 0.2) is 5.65 Å². The third-order valence-electron chi connectivity index (χ3n) is 5.73. The lowest BCUT2D eigenvalue weighted by Gasteiger charge is -2.28. The van der Waals surface area contributed by atoms with E-state index in [1.165, 1.54) is 5.69 Å². The highest BCUT2D eigenvalue weighted by molar-refractivity contribution is 5.91. The minimum atomic E-state index is -0.466. The molecule has 176 valence electrons. The second kappa shape index (κ2) is 9.62. The molecule has 4 N–H and O–H groups in total. The normalized spacial score (nSPS) is 14.9. The number of anilines is 4. The second-order valence-electron chi connectivity index (χ2n) is 8.27. The van der Waals surface area contributed by atoms with Gasteiger partial charge in [0.05, 0.1) is 25.6 Å². The SMILES string of the molecule is CNc1nc(CC(C)O)ccc1-c1nc(Nc2ccc(N3CCOCC3)cc2)nc2nc[nH]c12. The van der Waals surface area contributed by atoms with Crippen molar-refractivity contribution in [3.05, 3.63) is 48.4 Å². The molecule has 0 aliphatic carbocycles. The first-order valence-corrected chi connectivity index (χ1v) is 11.4. The van der Waals surface area contributed by atoms with Crippen LogP contribution >= 0.6 is 0 Å². The molecule has 10 heteroatoms. The number of hydrogen-bond donors (Lipinski definition) is 4. The number of imidazole rings is 1. The third-order valence-corrected chi connectivity index (χ3v) is 5.73. The molecule has 34 heavy (non-hydrogen) atoms. The van der Waals surface area contributed by atoms with Crippen LogP contribution in [0.1, 0.15) is 12.6 Å². The predicted molar refractivity (Wildman–Crippen MR) is 133 cm³/mol. The smallest absolute Gasteiger partial charge is 0.229 e. The topological polar surface area (TPSA) is 124 Å². The molecule has 1 unspecified atom stereocenters. The van der Waals surface area contributed by atoms with Gasteiger partial charge in [-0.3, -0.25) is 0 Å². The van der Waals surface area contributed by atoms with Crippen molar-refractivity contribution in [1.82, 2.24) is 24.9 Å². The molecule has 3 aromatic heterocycles. The molecule has 1 aromatic carbocycles. The van der Waals surface area contributed by atoms with Crippen molar-refractivity contribution in [1.29, 1.82) is 0 Å². The molecule has 0 spiro atoms. The zero-order valence-electron chi connectivity index (χ0n) is 19.2. The van der Waals surface area contributed by atoms with Gasteiger partial charge in [-0.1, -0.05) is 0 Å². The molecule has 1 aliphatic rings. The highest BCUT2D eigenvalue weighted by Gasteiger charge is 2.17. The molecule has 10 nitrogen and oxygen atoms in total. The molecule has 0 radical (unpaired) electrons. The number of fused-ring (bicyclic) bond motifs is 1. The fourth-order valence-corrected chi connectivity index (χ4v) is 4.09. The molecule has 1 saturated heterocycles. The minimum Gasteiger partial charge on any atom is -0.393 e. The van der Waals surface area contributed by atoms with E-state index in [4.69, 9.17) is 9.72 Å². The Morgan fingerprint density at radius 2 is 1.88 bits per heavy atom. The standard InChI is InChI=1S/C24H28N8O2/c1-15(33)13-17-5-8-19(22(25-2)28-17)20-21-23(27-14-26-21)31-24(30-20)29-16-3-6-18(7-4-16)32-9-11-34-12-10-32/h3-8,14-15,33H,9-13H2,1-2H3,(H,25,28)(H2,26,27,29,30,31). The van der Waals surface area contributed by atoms with Crippen LogP contribution in [0.2, 0.25) is 0 Å². The van der Waals surface area contributed by atoms with Gasteiger partial charge in [-0.15, -0.1) is 0 Å². The maximum absolute atomic E-state index is 9.73. The Morgan fingerprint density at radius 3 is 2.62 bits per heavy atom. The van der Waals surface area contributed by atoms with Crippen molar-refractivity contribution in [3.8, 4) is 11.3 Å². The molecular weight excluding hydrogens is 432 g/mol. The van der Waals surface area contributed by atoms with E-state index in [9.17, 15) is 5.11 Å². The van der Waals surface area contributed by atoms with E-state index in [-0.39, 0.29) is 0 Å². The van der Waals surface area contributed by atoms with Crippen molar-refractivity contribution >= 4 is 34.3 Å². The number of ether oxygens (including phenoxy) is 1. The first kappa shape index (κ1) is 22.1. The maximum atomic E-state index is 9.73. The Morgan fingerprint density at radius 1 is 1.09 bits per heavy atom. The molecule has 1 fully saturated rings. The van der Waals surface area contributed by atoms with Gasteiger partial charge in [-0.2, -0.15) is 4.98 Å². The summed E-state index contributed by atoms with van der Waals surface area (Å²) in [6.45, 7) is 5.05. The number of morpholine rings is 1. The number of hydrogen-bond acceptors (Lipinski definition) is 9. The lowest BCUT2D eigenvalue weighted by molar-refractivity contribution is 0.122. The van der Waals surface area contributed by atoms with E-state index in [1.807, 2.05) is 31.3 Å². The number of aliphatic hydroxyl groups excluding tert-OH is 1. The number of H-pyrrole nitrogens is 1.